The zero-order valence-electron chi connectivity index (χ0n) is 11.4. The van der Waals surface area contributed by atoms with Gasteiger partial charge in [-0.3, -0.25) is 5.43 Å². The van der Waals surface area contributed by atoms with E-state index in [0.29, 0.717) is 11.3 Å². The van der Waals surface area contributed by atoms with Gasteiger partial charge in [-0.25, -0.2) is 15.0 Å². The van der Waals surface area contributed by atoms with E-state index in [1.807, 2.05) is 0 Å². The van der Waals surface area contributed by atoms with Crippen LogP contribution in [-0.2, 0) is 9.47 Å². The highest BCUT2D eigenvalue weighted by Gasteiger charge is 2.17. The number of ether oxygens (including phenoxy) is 2. The van der Waals surface area contributed by atoms with E-state index in [4.69, 9.17) is 4.74 Å². The highest BCUT2D eigenvalue weighted by atomic mass is 16.6. The number of amides is 1. The highest BCUT2D eigenvalue weighted by molar-refractivity contribution is 5.95. The molecule has 1 aromatic rings. The number of hydrogen-bond donors (Lipinski definition) is 2. The van der Waals surface area contributed by atoms with Gasteiger partial charge in [0.2, 0.25) is 0 Å². The number of carbonyl (C=O) groups is 2. The van der Waals surface area contributed by atoms with Crippen LogP contribution < -0.4 is 10.9 Å². The maximum atomic E-state index is 11.5. The Kier molecular flexibility index (Phi) is 4.74. The molecule has 0 saturated heterocycles. The average Bonchev–Trinajstić information content (AvgIpc) is 2.33. The Morgan fingerprint density at radius 3 is 2.37 bits per heavy atom. The van der Waals surface area contributed by atoms with Crippen molar-refractivity contribution >= 4 is 17.7 Å². The molecule has 0 atom stereocenters. The number of benzene rings is 1. The lowest BCUT2D eigenvalue weighted by Gasteiger charge is -2.20. The Morgan fingerprint density at radius 2 is 1.79 bits per heavy atom. The van der Waals surface area contributed by atoms with Crippen molar-refractivity contribution in [2.24, 2.45) is 0 Å². The van der Waals surface area contributed by atoms with E-state index in [0.717, 1.165) is 0 Å². The third-order valence-corrected chi connectivity index (χ3v) is 2.03. The molecule has 6 nitrogen and oxygen atoms in total. The summed E-state index contributed by atoms with van der Waals surface area (Å²) in [5.41, 5.74) is 5.14. The molecule has 6 heteroatoms. The normalized spacial score (nSPS) is 10.5. The number of esters is 1. The first-order valence-corrected chi connectivity index (χ1v) is 5.76. The Morgan fingerprint density at radius 1 is 1.16 bits per heavy atom. The number of para-hydroxylation sites is 1. The maximum Gasteiger partial charge on any atom is 0.426 e. The fourth-order valence-corrected chi connectivity index (χ4v) is 1.30. The minimum atomic E-state index is -0.632. The van der Waals surface area contributed by atoms with E-state index in [1.165, 1.54) is 7.11 Å². The molecule has 0 radical (unpaired) electrons. The van der Waals surface area contributed by atoms with Gasteiger partial charge < -0.3 is 9.47 Å². The van der Waals surface area contributed by atoms with Crippen molar-refractivity contribution in [1.29, 1.82) is 0 Å². The molecular weight excluding hydrogens is 248 g/mol. The quantitative estimate of drug-likeness (QED) is 0.648. The second-order valence-corrected chi connectivity index (χ2v) is 4.79. The van der Waals surface area contributed by atoms with E-state index in [2.05, 4.69) is 15.6 Å². The second kappa shape index (κ2) is 6.08. The monoisotopic (exact) mass is 266 g/mol. The molecular formula is C13H18N2O4. The van der Waals surface area contributed by atoms with Gasteiger partial charge in [0.1, 0.15) is 5.60 Å². The van der Waals surface area contributed by atoms with Crippen LogP contribution in [0.3, 0.4) is 0 Å². The Balaban J connectivity index is 2.68. The van der Waals surface area contributed by atoms with Gasteiger partial charge in [-0.2, -0.15) is 0 Å². The van der Waals surface area contributed by atoms with E-state index in [1.54, 1.807) is 45.0 Å². The smallest absolute Gasteiger partial charge is 0.426 e. The fourth-order valence-electron chi connectivity index (χ4n) is 1.30. The van der Waals surface area contributed by atoms with Crippen LogP contribution in [-0.4, -0.2) is 24.8 Å². The maximum absolute atomic E-state index is 11.5. The molecule has 1 amide bonds. The molecule has 104 valence electrons. The number of anilines is 1. The predicted octanol–water partition coefficient (Wildman–Crippen LogP) is 2.32. The van der Waals surface area contributed by atoms with Crippen molar-refractivity contribution in [1.82, 2.24) is 5.43 Å². The molecule has 0 fully saturated rings. The molecule has 19 heavy (non-hydrogen) atoms. The SMILES string of the molecule is COC(=O)c1ccccc1NNC(=O)OC(C)(C)C. The van der Waals surface area contributed by atoms with Crippen LogP contribution in [0.4, 0.5) is 10.5 Å². The van der Waals surface area contributed by atoms with Crippen LogP contribution in [0.1, 0.15) is 31.1 Å². The minimum Gasteiger partial charge on any atom is -0.465 e. The van der Waals surface area contributed by atoms with Gasteiger partial charge in [-0.15, -0.1) is 0 Å². The van der Waals surface area contributed by atoms with Crippen molar-refractivity contribution in [3.63, 3.8) is 0 Å². The van der Waals surface area contributed by atoms with E-state index >= 15 is 0 Å². The molecule has 1 rings (SSSR count). The summed E-state index contributed by atoms with van der Waals surface area (Å²) in [5.74, 6) is -0.492. The second-order valence-electron chi connectivity index (χ2n) is 4.79. The molecule has 0 spiro atoms. The third-order valence-electron chi connectivity index (χ3n) is 2.03. The number of nitrogens with one attached hydrogen (secondary N) is 2. The Hall–Kier alpha value is -2.24. The van der Waals surface area contributed by atoms with Gasteiger partial charge in [0.15, 0.2) is 0 Å². The van der Waals surface area contributed by atoms with Gasteiger partial charge >= 0.3 is 12.1 Å². The van der Waals surface area contributed by atoms with Crippen LogP contribution in [0.15, 0.2) is 24.3 Å². The lowest BCUT2D eigenvalue weighted by molar-refractivity contribution is 0.0536. The molecule has 0 saturated carbocycles. The van der Waals surface area contributed by atoms with E-state index in [-0.39, 0.29) is 0 Å². The van der Waals surface area contributed by atoms with Gasteiger partial charge in [-0.1, -0.05) is 12.1 Å². The first-order chi connectivity index (χ1) is 8.83. The number of rotatable bonds is 3. The topological polar surface area (TPSA) is 76.7 Å². The zero-order valence-corrected chi connectivity index (χ0v) is 11.4. The summed E-state index contributed by atoms with van der Waals surface area (Å²) in [7, 11) is 1.29. The largest absolute Gasteiger partial charge is 0.465 e. The first-order valence-electron chi connectivity index (χ1n) is 5.76. The Labute approximate surface area is 112 Å². The summed E-state index contributed by atoms with van der Waals surface area (Å²) in [6.45, 7) is 5.28. The first kappa shape index (κ1) is 14.8. The molecule has 1 aromatic carbocycles. The summed E-state index contributed by atoms with van der Waals surface area (Å²) in [5, 5.41) is 0. The van der Waals surface area contributed by atoms with Crippen molar-refractivity contribution in [3.05, 3.63) is 29.8 Å². The molecule has 0 aliphatic rings. The zero-order chi connectivity index (χ0) is 14.5. The van der Waals surface area contributed by atoms with Gasteiger partial charge in [-0.05, 0) is 32.9 Å². The third kappa shape index (κ3) is 4.87. The Bertz CT molecular complexity index is 466. The van der Waals surface area contributed by atoms with Crippen molar-refractivity contribution in [2.45, 2.75) is 26.4 Å². The summed E-state index contributed by atoms with van der Waals surface area (Å²) in [6, 6.07) is 6.66. The van der Waals surface area contributed by atoms with Crippen LogP contribution >= 0.6 is 0 Å². The summed E-state index contributed by atoms with van der Waals surface area (Å²) >= 11 is 0. The number of hydrogen-bond acceptors (Lipinski definition) is 5. The van der Waals surface area contributed by atoms with Gasteiger partial charge in [0, 0.05) is 0 Å². The molecule has 0 aromatic heterocycles. The molecule has 0 aliphatic carbocycles. The standard InChI is InChI=1S/C13H18N2O4/c1-13(2,3)19-12(17)15-14-10-8-6-5-7-9(10)11(16)18-4/h5-8,14H,1-4H3,(H,15,17). The summed E-state index contributed by atoms with van der Waals surface area (Å²) < 4.78 is 9.70. The van der Waals surface area contributed by atoms with Crippen molar-refractivity contribution in [3.8, 4) is 0 Å². The summed E-state index contributed by atoms with van der Waals surface area (Å²) in [6.07, 6.45) is -0.632. The highest BCUT2D eigenvalue weighted by Crippen LogP contribution is 2.15. The fraction of sp³-hybridized carbons (Fsp3) is 0.385. The lowest BCUT2D eigenvalue weighted by Crippen LogP contribution is -2.36. The van der Waals surface area contributed by atoms with Crippen molar-refractivity contribution < 1.29 is 19.1 Å². The number of carbonyl (C=O) groups excluding carboxylic acids is 2. The molecule has 0 unspecified atom stereocenters. The number of methoxy groups -OCH3 is 1. The molecule has 0 heterocycles. The molecule has 0 bridgehead atoms. The minimum absolute atomic E-state index is 0.320. The van der Waals surface area contributed by atoms with E-state index in [9.17, 15) is 9.59 Å². The predicted molar refractivity (Wildman–Crippen MR) is 70.8 cm³/mol. The van der Waals surface area contributed by atoms with Crippen LogP contribution in [0.5, 0.6) is 0 Å². The molecule has 2 N–H and O–H groups in total. The number of hydrazine groups is 1. The average molecular weight is 266 g/mol. The summed E-state index contributed by atoms with van der Waals surface area (Å²) in [4.78, 5) is 23.0. The van der Waals surface area contributed by atoms with Gasteiger partial charge in [0.05, 0.1) is 18.4 Å². The van der Waals surface area contributed by atoms with Crippen LogP contribution in [0.25, 0.3) is 0 Å². The van der Waals surface area contributed by atoms with Crippen LogP contribution in [0.2, 0.25) is 0 Å². The molecule has 0 aliphatic heterocycles. The van der Waals surface area contributed by atoms with Crippen LogP contribution in [0, 0.1) is 0 Å². The van der Waals surface area contributed by atoms with Gasteiger partial charge in [0.25, 0.3) is 0 Å². The van der Waals surface area contributed by atoms with Crippen molar-refractivity contribution in [2.75, 3.05) is 12.5 Å². The van der Waals surface area contributed by atoms with E-state index < -0.39 is 17.7 Å². The lowest BCUT2D eigenvalue weighted by atomic mass is 10.2.